The Kier molecular flexibility index (Phi) is 3.31. The monoisotopic (exact) mass is 276 g/mol. The molecule has 2 rings (SSSR count). The highest BCUT2D eigenvalue weighted by molar-refractivity contribution is 7.98. The molecule has 1 saturated carbocycles. The van der Waals surface area contributed by atoms with Crippen molar-refractivity contribution < 1.29 is 23.1 Å². The van der Waals surface area contributed by atoms with Crippen molar-refractivity contribution in [3.8, 4) is 0 Å². The normalized spacial score (nSPS) is 17.3. The maximum absolute atomic E-state index is 13.9. The lowest BCUT2D eigenvalue weighted by Gasteiger charge is -2.38. The van der Waals surface area contributed by atoms with Crippen LogP contribution in [0.15, 0.2) is 11.0 Å². The van der Waals surface area contributed by atoms with Gasteiger partial charge in [0, 0.05) is 5.56 Å². The molecular weight excluding hydrogens is 265 g/mol. The SMILES string of the molecule is CSc1c(F)cc(C2(C(=O)O)CCC2)c(F)c1F. The summed E-state index contributed by atoms with van der Waals surface area (Å²) in [6.07, 6.45) is 2.45. The van der Waals surface area contributed by atoms with E-state index in [-0.39, 0.29) is 18.4 Å². The highest BCUT2D eigenvalue weighted by atomic mass is 32.2. The van der Waals surface area contributed by atoms with E-state index in [0.717, 1.165) is 17.8 Å². The zero-order chi connectivity index (χ0) is 13.5. The van der Waals surface area contributed by atoms with Crippen LogP contribution < -0.4 is 0 Å². The third-order valence-corrected chi connectivity index (χ3v) is 4.24. The fourth-order valence-electron chi connectivity index (χ4n) is 2.24. The van der Waals surface area contributed by atoms with Gasteiger partial charge in [-0.15, -0.1) is 11.8 Å². The highest BCUT2D eigenvalue weighted by Gasteiger charge is 2.48. The average Bonchev–Trinajstić information content (AvgIpc) is 2.23. The van der Waals surface area contributed by atoms with E-state index in [1.807, 2.05) is 0 Å². The van der Waals surface area contributed by atoms with Crippen LogP contribution in [0.5, 0.6) is 0 Å². The predicted molar refractivity (Wildman–Crippen MR) is 61.3 cm³/mol. The second kappa shape index (κ2) is 4.50. The lowest BCUT2D eigenvalue weighted by atomic mass is 9.64. The van der Waals surface area contributed by atoms with Gasteiger partial charge >= 0.3 is 5.97 Å². The number of hydrogen-bond acceptors (Lipinski definition) is 2. The minimum atomic E-state index is -1.47. The predicted octanol–water partition coefficient (Wildman–Crippen LogP) is 3.33. The molecule has 1 fully saturated rings. The van der Waals surface area contributed by atoms with Crippen LogP contribution in [0.1, 0.15) is 24.8 Å². The number of benzene rings is 1. The van der Waals surface area contributed by atoms with Gasteiger partial charge in [-0.1, -0.05) is 6.42 Å². The Balaban J connectivity index is 2.62. The number of carboxylic acids is 1. The number of thioether (sulfide) groups is 1. The summed E-state index contributed by atoms with van der Waals surface area (Å²) in [5, 5.41) is 9.15. The van der Waals surface area contributed by atoms with Crippen LogP contribution in [0.2, 0.25) is 0 Å². The summed E-state index contributed by atoms with van der Waals surface area (Å²) in [6.45, 7) is 0. The number of hydrogen-bond donors (Lipinski definition) is 1. The molecule has 0 saturated heterocycles. The van der Waals surface area contributed by atoms with Gasteiger partial charge in [0.2, 0.25) is 0 Å². The van der Waals surface area contributed by atoms with Gasteiger partial charge in [-0.2, -0.15) is 0 Å². The molecule has 1 aliphatic rings. The molecule has 0 spiro atoms. The van der Waals surface area contributed by atoms with Crippen molar-refractivity contribution in [2.24, 2.45) is 0 Å². The van der Waals surface area contributed by atoms with Gasteiger partial charge in [0.1, 0.15) is 5.82 Å². The summed E-state index contributed by atoms with van der Waals surface area (Å²) in [7, 11) is 0. The van der Waals surface area contributed by atoms with Crippen LogP contribution in [-0.4, -0.2) is 17.3 Å². The molecule has 1 aromatic rings. The van der Waals surface area contributed by atoms with Gasteiger partial charge in [0.15, 0.2) is 11.6 Å². The second-order valence-electron chi connectivity index (χ2n) is 4.31. The fourth-order valence-corrected chi connectivity index (χ4v) is 2.77. The third-order valence-electron chi connectivity index (χ3n) is 3.45. The van der Waals surface area contributed by atoms with Crippen molar-refractivity contribution >= 4 is 17.7 Å². The van der Waals surface area contributed by atoms with E-state index in [1.54, 1.807) is 0 Å². The highest BCUT2D eigenvalue weighted by Crippen LogP contribution is 2.46. The van der Waals surface area contributed by atoms with Gasteiger partial charge in [-0.3, -0.25) is 4.79 Å². The first-order chi connectivity index (χ1) is 8.44. The van der Waals surface area contributed by atoms with Crippen LogP contribution in [-0.2, 0) is 10.2 Å². The Morgan fingerprint density at radius 2 is 1.94 bits per heavy atom. The molecule has 0 radical (unpaired) electrons. The summed E-state index contributed by atoms with van der Waals surface area (Å²) in [4.78, 5) is 10.8. The smallest absolute Gasteiger partial charge is 0.314 e. The molecule has 0 heterocycles. The van der Waals surface area contributed by atoms with Crippen LogP contribution in [0.3, 0.4) is 0 Å². The molecule has 0 unspecified atom stereocenters. The van der Waals surface area contributed by atoms with Gasteiger partial charge < -0.3 is 5.11 Å². The number of carbonyl (C=O) groups is 1. The van der Waals surface area contributed by atoms with Crippen LogP contribution in [0.4, 0.5) is 13.2 Å². The Labute approximate surface area is 106 Å². The molecule has 18 heavy (non-hydrogen) atoms. The zero-order valence-corrected chi connectivity index (χ0v) is 10.4. The second-order valence-corrected chi connectivity index (χ2v) is 5.12. The lowest BCUT2D eigenvalue weighted by molar-refractivity contribution is -0.147. The van der Waals surface area contributed by atoms with Crippen LogP contribution in [0.25, 0.3) is 0 Å². The Bertz CT molecular complexity index is 513. The maximum Gasteiger partial charge on any atom is 0.314 e. The molecule has 0 atom stereocenters. The van der Waals surface area contributed by atoms with E-state index in [9.17, 15) is 18.0 Å². The molecule has 0 aromatic heterocycles. The summed E-state index contributed by atoms with van der Waals surface area (Å²) in [5.41, 5.74) is -1.85. The molecule has 0 aliphatic heterocycles. The van der Waals surface area contributed by atoms with Crippen molar-refractivity contribution in [2.75, 3.05) is 6.26 Å². The lowest BCUT2D eigenvalue weighted by Crippen LogP contribution is -2.43. The quantitative estimate of drug-likeness (QED) is 0.679. The largest absolute Gasteiger partial charge is 0.481 e. The molecule has 1 aromatic carbocycles. The first-order valence-electron chi connectivity index (χ1n) is 5.39. The van der Waals surface area contributed by atoms with Crippen LogP contribution >= 0.6 is 11.8 Å². The van der Waals surface area contributed by atoms with Gasteiger partial charge in [0.25, 0.3) is 0 Å². The standard InChI is InChI=1S/C12H11F3O2S/c1-18-10-7(13)5-6(8(14)9(10)15)12(11(16)17)3-2-4-12/h5H,2-4H2,1H3,(H,16,17). The van der Waals surface area contributed by atoms with Crippen molar-refractivity contribution in [1.29, 1.82) is 0 Å². The van der Waals surface area contributed by atoms with Gasteiger partial charge in [-0.05, 0) is 25.2 Å². The summed E-state index contributed by atoms with van der Waals surface area (Å²) in [6, 6.07) is 0.817. The van der Waals surface area contributed by atoms with Gasteiger partial charge in [0.05, 0.1) is 10.3 Å². The third kappa shape index (κ3) is 1.70. The maximum atomic E-state index is 13.9. The molecule has 2 nitrogen and oxygen atoms in total. The first kappa shape index (κ1) is 13.3. The van der Waals surface area contributed by atoms with E-state index in [4.69, 9.17) is 5.11 Å². The summed E-state index contributed by atoms with van der Waals surface area (Å²) >= 11 is 0.752. The Hall–Kier alpha value is -1.17. The minimum absolute atomic E-state index is 0.205. The van der Waals surface area contributed by atoms with Crippen LogP contribution in [0, 0.1) is 17.5 Å². The molecule has 0 bridgehead atoms. The van der Waals surface area contributed by atoms with Gasteiger partial charge in [-0.25, -0.2) is 13.2 Å². The topological polar surface area (TPSA) is 37.3 Å². The van der Waals surface area contributed by atoms with E-state index >= 15 is 0 Å². The number of halogens is 3. The van der Waals surface area contributed by atoms with Crippen molar-refractivity contribution in [1.82, 2.24) is 0 Å². The first-order valence-corrected chi connectivity index (χ1v) is 6.62. The number of aliphatic carboxylic acids is 1. The van der Waals surface area contributed by atoms with Crippen molar-refractivity contribution in [2.45, 2.75) is 29.6 Å². The number of carboxylic acid groups (broad SMARTS) is 1. The van der Waals surface area contributed by atoms with Crippen molar-refractivity contribution in [3.05, 3.63) is 29.1 Å². The number of rotatable bonds is 3. The summed E-state index contributed by atoms with van der Waals surface area (Å²) in [5.74, 6) is -4.69. The molecule has 98 valence electrons. The molecular formula is C12H11F3O2S. The molecule has 1 aliphatic carbocycles. The zero-order valence-electron chi connectivity index (χ0n) is 9.60. The Morgan fingerprint density at radius 1 is 1.33 bits per heavy atom. The summed E-state index contributed by atoms with van der Waals surface area (Å²) < 4.78 is 41.2. The Morgan fingerprint density at radius 3 is 2.33 bits per heavy atom. The molecule has 1 N–H and O–H groups in total. The average molecular weight is 276 g/mol. The van der Waals surface area contributed by atoms with Crippen molar-refractivity contribution in [3.63, 3.8) is 0 Å². The van der Waals surface area contributed by atoms with E-state index < -0.39 is 33.7 Å². The molecule has 0 amide bonds. The van der Waals surface area contributed by atoms with E-state index in [2.05, 4.69) is 0 Å². The fraction of sp³-hybridized carbons (Fsp3) is 0.417. The minimum Gasteiger partial charge on any atom is -0.481 e. The molecule has 6 heteroatoms. The van der Waals surface area contributed by atoms with E-state index in [0.29, 0.717) is 6.42 Å². The van der Waals surface area contributed by atoms with E-state index in [1.165, 1.54) is 6.26 Å².